The molecule has 0 fully saturated rings. The number of nitrogens with zero attached hydrogens (tertiary/aromatic N) is 1. The summed E-state index contributed by atoms with van der Waals surface area (Å²) in [6.45, 7) is 4.90. The van der Waals surface area contributed by atoms with E-state index in [9.17, 15) is 18.8 Å². The molecule has 1 aliphatic rings. The summed E-state index contributed by atoms with van der Waals surface area (Å²) in [5.41, 5.74) is 1.01. The molecule has 1 aliphatic heterocycles. The van der Waals surface area contributed by atoms with Crippen LogP contribution < -0.4 is 19.8 Å². The molecule has 0 radical (unpaired) electrons. The Morgan fingerprint density at radius 1 is 0.929 bits per heavy atom. The molecular formula is C33H32FNO7. The summed E-state index contributed by atoms with van der Waals surface area (Å²) < 4.78 is 36.9. The number of methoxy groups -OCH3 is 1. The predicted molar refractivity (Wildman–Crippen MR) is 156 cm³/mol. The molecule has 0 saturated carbocycles. The largest absolute Gasteiger partial charge is 0.493 e. The maximum Gasteiger partial charge on any atom is 0.338 e. The van der Waals surface area contributed by atoms with Crippen LogP contribution in [0.25, 0.3) is 11.0 Å². The molecule has 218 valence electrons. The van der Waals surface area contributed by atoms with Crippen molar-refractivity contribution in [2.75, 3.05) is 25.2 Å². The molecule has 1 atom stereocenters. The number of benzene rings is 3. The Kier molecular flexibility index (Phi) is 8.56. The van der Waals surface area contributed by atoms with Crippen LogP contribution >= 0.6 is 0 Å². The van der Waals surface area contributed by atoms with Crippen LogP contribution in [0.3, 0.4) is 0 Å². The molecular weight excluding hydrogens is 541 g/mol. The number of carbonyl (C=O) groups excluding carboxylic acids is 2. The molecule has 2 heterocycles. The highest BCUT2D eigenvalue weighted by molar-refractivity contribution is 6.10. The lowest BCUT2D eigenvalue weighted by atomic mass is 9.97. The van der Waals surface area contributed by atoms with Crippen molar-refractivity contribution in [1.82, 2.24) is 0 Å². The minimum absolute atomic E-state index is 0.0325. The van der Waals surface area contributed by atoms with Gasteiger partial charge in [-0.2, -0.15) is 0 Å². The van der Waals surface area contributed by atoms with Gasteiger partial charge in [-0.25, -0.2) is 9.18 Å². The third-order valence-electron chi connectivity index (χ3n) is 7.20. The molecule has 3 aromatic carbocycles. The van der Waals surface area contributed by atoms with Gasteiger partial charge in [0.1, 0.15) is 11.4 Å². The summed E-state index contributed by atoms with van der Waals surface area (Å²) in [5, 5.41) is 0.0325. The molecule has 0 aliphatic carbocycles. The van der Waals surface area contributed by atoms with Crippen molar-refractivity contribution in [3.05, 3.63) is 99.2 Å². The van der Waals surface area contributed by atoms with Crippen molar-refractivity contribution in [2.45, 2.75) is 45.6 Å². The van der Waals surface area contributed by atoms with E-state index < -0.39 is 29.2 Å². The first kappa shape index (κ1) is 28.9. The summed E-state index contributed by atoms with van der Waals surface area (Å²) >= 11 is 0. The highest BCUT2D eigenvalue weighted by Gasteiger charge is 2.44. The number of amides is 1. The Labute approximate surface area is 242 Å². The average Bonchev–Trinajstić information content (AvgIpc) is 3.30. The molecule has 5 rings (SSSR count). The number of anilines is 1. The molecule has 1 aromatic heterocycles. The van der Waals surface area contributed by atoms with Crippen molar-refractivity contribution < 1.29 is 32.6 Å². The molecule has 0 saturated heterocycles. The summed E-state index contributed by atoms with van der Waals surface area (Å²) in [6, 6.07) is 14.3. The third kappa shape index (κ3) is 5.46. The van der Waals surface area contributed by atoms with Crippen molar-refractivity contribution >= 4 is 28.5 Å². The summed E-state index contributed by atoms with van der Waals surface area (Å²) in [4.78, 5) is 41.6. The molecule has 0 spiro atoms. The van der Waals surface area contributed by atoms with E-state index in [1.165, 1.54) is 24.1 Å². The number of hydrogen-bond acceptors (Lipinski definition) is 7. The van der Waals surface area contributed by atoms with Crippen LogP contribution in [-0.2, 0) is 4.74 Å². The molecule has 0 N–H and O–H groups in total. The van der Waals surface area contributed by atoms with E-state index in [4.69, 9.17) is 18.6 Å². The molecule has 9 heteroatoms. The number of halogens is 1. The minimum atomic E-state index is -0.919. The lowest BCUT2D eigenvalue weighted by Gasteiger charge is -2.26. The summed E-state index contributed by atoms with van der Waals surface area (Å²) in [5.74, 6) is -0.760. The lowest BCUT2D eigenvalue weighted by molar-refractivity contribution is 0.0499. The Balaban J connectivity index is 1.61. The highest BCUT2D eigenvalue weighted by atomic mass is 19.1. The molecule has 1 amide bonds. The Bertz CT molecular complexity index is 1680. The van der Waals surface area contributed by atoms with E-state index in [1.54, 1.807) is 42.5 Å². The van der Waals surface area contributed by atoms with E-state index in [-0.39, 0.29) is 22.3 Å². The van der Waals surface area contributed by atoms with Gasteiger partial charge in [0.05, 0.1) is 42.9 Å². The summed E-state index contributed by atoms with van der Waals surface area (Å²) in [6.07, 6.45) is 3.50. The second kappa shape index (κ2) is 12.5. The topological polar surface area (TPSA) is 95.3 Å². The van der Waals surface area contributed by atoms with Gasteiger partial charge in [-0.15, -0.1) is 0 Å². The van der Waals surface area contributed by atoms with Gasteiger partial charge in [0.25, 0.3) is 5.91 Å². The zero-order chi connectivity index (χ0) is 29.8. The third-order valence-corrected chi connectivity index (χ3v) is 7.20. The normalized spacial score (nSPS) is 14.2. The van der Waals surface area contributed by atoms with Crippen molar-refractivity contribution in [3.8, 4) is 11.5 Å². The Morgan fingerprint density at radius 2 is 1.67 bits per heavy atom. The van der Waals surface area contributed by atoms with E-state index in [0.29, 0.717) is 41.5 Å². The first-order valence-corrected chi connectivity index (χ1v) is 14.1. The number of ether oxygens (including phenoxy) is 3. The fraction of sp³-hybridized carbons (Fsp3) is 0.303. The van der Waals surface area contributed by atoms with Gasteiger partial charge < -0.3 is 18.6 Å². The first-order chi connectivity index (χ1) is 20.4. The number of carbonyl (C=O) groups is 2. The van der Waals surface area contributed by atoms with Gasteiger partial charge in [0.15, 0.2) is 16.9 Å². The van der Waals surface area contributed by atoms with E-state index >= 15 is 0 Å². The number of hydrogen-bond donors (Lipinski definition) is 0. The van der Waals surface area contributed by atoms with Crippen molar-refractivity contribution in [3.63, 3.8) is 0 Å². The van der Waals surface area contributed by atoms with E-state index in [0.717, 1.165) is 31.7 Å². The van der Waals surface area contributed by atoms with Crippen molar-refractivity contribution in [1.29, 1.82) is 0 Å². The number of fused-ring (bicyclic) bond motifs is 2. The highest BCUT2D eigenvalue weighted by Crippen LogP contribution is 2.43. The molecule has 42 heavy (non-hydrogen) atoms. The quantitative estimate of drug-likeness (QED) is 0.143. The molecule has 1 unspecified atom stereocenters. The van der Waals surface area contributed by atoms with Crippen LogP contribution in [0.2, 0.25) is 0 Å². The fourth-order valence-corrected chi connectivity index (χ4v) is 4.98. The monoisotopic (exact) mass is 573 g/mol. The molecule has 8 nitrogen and oxygen atoms in total. The van der Waals surface area contributed by atoms with Gasteiger partial charge in [0.2, 0.25) is 5.76 Å². The predicted octanol–water partition coefficient (Wildman–Crippen LogP) is 6.83. The second-order valence-electron chi connectivity index (χ2n) is 10.0. The standard InChI is InChI=1S/C33H32FNO7/c1-4-6-16-40-26-14-10-21(18-27(26)39-3)29-28-30(36)24-19-22(34)11-15-25(24)42-31(28)32(37)35(29)23-12-8-20(9-13-23)33(38)41-17-7-5-2/h8-15,18-19,29H,4-7,16-17H2,1-3H3. The zero-order valence-corrected chi connectivity index (χ0v) is 23.8. The van der Waals surface area contributed by atoms with Crippen LogP contribution in [0.5, 0.6) is 11.5 Å². The maximum atomic E-state index is 14.2. The molecule has 4 aromatic rings. The van der Waals surface area contributed by atoms with Crippen LogP contribution in [0.4, 0.5) is 10.1 Å². The van der Waals surface area contributed by atoms with Crippen LogP contribution in [-0.4, -0.2) is 32.2 Å². The van der Waals surface area contributed by atoms with Crippen LogP contribution in [0.1, 0.15) is 77.6 Å². The van der Waals surface area contributed by atoms with Gasteiger partial charge in [0, 0.05) is 5.69 Å². The minimum Gasteiger partial charge on any atom is -0.493 e. The molecule has 0 bridgehead atoms. The lowest BCUT2D eigenvalue weighted by Crippen LogP contribution is -2.29. The van der Waals surface area contributed by atoms with Crippen LogP contribution in [0, 0.1) is 5.82 Å². The van der Waals surface area contributed by atoms with Gasteiger partial charge >= 0.3 is 5.97 Å². The Morgan fingerprint density at radius 3 is 2.38 bits per heavy atom. The fourth-order valence-electron chi connectivity index (χ4n) is 4.98. The Hall–Kier alpha value is -4.66. The number of rotatable bonds is 11. The van der Waals surface area contributed by atoms with E-state index in [2.05, 4.69) is 6.92 Å². The first-order valence-electron chi connectivity index (χ1n) is 14.1. The maximum absolute atomic E-state index is 14.2. The zero-order valence-electron chi connectivity index (χ0n) is 23.8. The average molecular weight is 574 g/mol. The number of unbranched alkanes of at least 4 members (excludes halogenated alkanes) is 2. The van der Waals surface area contributed by atoms with Crippen molar-refractivity contribution in [2.24, 2.45) is 0 Å². The van der Waals surface area contributed by atoms with Gasteiger partial charge in [-0.05, 0) is 73.0 Å². The smallest absolute Gasteiger partial charge is 0.338 e. The number of esters is 1. The van der Waals surface area contributed by atoms with Gasteiger partial charge in [-0.3, -0.25) is 14.5 Å². The van der Waals surface area contributed by atoms with Gasteiger partial charge in [-0.1, -0.05) is 32.8 Å². The van der Waals surface area contributed by atoms with Crippen LogP contribution in [0.15, 0.2) is 69.9 Å². The SMILES string of the molecule is CCCCOC(=O)c1ccc(N2C(=O)c3oc4ccc(F)cc4c(=O)c3C2c2ccc(OCCCC)c(OC)c2)cc1. The summed E-state index contributed by atoms with van der Waals surface area (Å²) in [7, 11) is 1.51. The van der Waals surface area contributed by atoms with E-state index in [1.807, 2.05) is 6.92 Å². The second-order valence-corrected chi connectivity index (χ2v) is 10.0.